The molecular formula is C32H27FN4O6S. The Bertz CT molecular complexity index is 2170. The monoisotopic (exact) mass is 614 g/mol. The lowest BCUT2D eigenvalue weighted by Gasteiger charge is -2.14. The van der Waals surface area contributed by atoms with Crippen molar-refractivity contribution in [2.75, 3.05) is 30.4 Å². The second-order valence-electron chi connectivity index (χ2n) is 9.92. The predicted molar refractivity (Wildman–Crippen MR) is 167 cm³/mol. The molecule has 0 aliphatic carbocycles. The summed E-state index contributed by atoms with van der Waals surface area (Å²) in [5.41, 5.74) is 10.2. The summed E-state index contributed by atoms with van der Waals surface area (Å²) < 4.78 is 59.7. The third-order valence-electron chi connectivity index (χ3n) is 7.23. The van der Waals surface area contributed by atoms with E-state index < -0.39 is 21.7 Å². The largest absolute Gasteiger partial charge is 0.496 e. The van der Waals surface area contributed by atoms with Crippen LogP contribution in [-0.4, -0.2) is 39.2 Å². The van der Waals surface area contributed by atoms with Crippen molar-refractivity contribution in [2.45, 2.75) is 6.92 Å². The molecule has 2 heterocycles. The van der Waals surface area contributed by atoms with Crippen molar-refractivity contribution in [2.24, 2.45) is 0 Å². The molecule has 10 nitrogen and oxygen atoms in total. The zero-order chi connectivity index (χ0) is 31.2. The topological polar surface area (TPSA) is 150 Å². The van der Waals surface area contributed by atoms with Gasteiger partial charge >= 0.3 is 0 Å². The van der Waals surface area contributed by atoms with Crippen LogP contribution in [-0.2, 0) is 10.0 Å². The van der Waals surface area contributed by atoms with Crippen LogP contribution in [0.5, 0.6) is 5.75 Å². The molecule has 0 unspecified atom stereocenters. The van der Waals surface area contributed by atoms with Crippen LogP contribution in [0.1, 0.15) is 17.3 Å². The van der Waals surface area contributed by atoms with Crippen LogP contribution in [0, 0.1) is 5.82 Å². The summed E-state index contributed by atoms with van der Waals surface area (Å²) in [4.78, 5) is 17.8. The summed E-state index contributed by atoms with van der Waals surface area (Å²) >= 11 is 0. The molecule has 0 aliphatic heterocycles. The number of hydrogen-bond acceptors (Lipinski definition) is 8. The number of halogens is 1. The lowest BCUT2D eigenvalue weighted by molar-refractivity contribution is 0.0964. The molecule has 0 bridgehead atoms. The number of benzene rings is 4. The van der Waals surface area contributed by atoms with Crippen LogP contribution in [0.3, 0.4) is 0 Å². The van der Waals surface area contributed by atoms with Crippen LogP contribution in [0.15, 0.2) is 81.6 Å². The van der Waals surface area contributed by atoms with E-state index in [1.807, 2.05) is 0 Å². The average Bonchev–Trinajstić information content (AvgIpc) is 3.63. The summed E-state index contributed by atoms with van der Waals surface area (Å²) in [6.45, 7) is 1.52. The van der Waals surface area contributed by atoms with Gasteiger partial charge in [0.05, 0.1) is 35.4 Å². The number of ether oxygens (including phenoxy) is 1. The van der Waals surface area contributed by atoms with Gasteiger partial charge in [0.2, 0.25) is 15.9 Å². The van der Waals surface area contributed by atoms with Gasteiger partial charge in [-0.2, -0.15) is 0 Å². The number of anilines is 2. The maximum absolute atomic E-state index is 13.7. The summed E-state index contributed by atoms with van der Waals surface area (Å²) in [6.07, 6.45) is 0. The third-order valence-corrected chi connectivity index (χ3v) is 8.52. The number of para-hydroxylation sites is 1. The molecule has 0 spiro atoms. The van der Waals surface area contributed by atoms with Gasteiger partial charge < -0.3 is 24.6 Å². The lowest BCUT2D eigenvalue weighted by Crippen LogP contribution is -2.18. The maximum atomic E-state index is 13.7. The zero-order valence-electron chi connectivity index (χ0n) is 23.9. The van der Waals surface area contributed by atoms with Crippen LogP contribution >= 0.6 is 0 Å². The number of aromatic nitrogens is 1. The number of furan rings is 1. The van der Waals surface area contributed by atoms with Gasteiger partial charge in [-0.25, -0.2) is 17.8 Å². The van der Waals surface area contributed by atoms with E-state index in [4.69, 9.17) is 19.3 Å². The van der Waals surface area contributed by atoms with Gasteiger partial charge in [-0.1, -0.05) is 12.1 Å². The van der Waals surface area contributed by atoms with E-state index in [1.165, 1.54) is 51.4 Å². The number of amides is 1. The number of nitrogens with two attached hydrogens (primary N) is 1. The normalized spacial score (nSPS) is 11.6. The van der Waals surface area contributed by atoms with Gasteiger partial charge in [0.25, 0.3) is 5.91 Å². The average molecular weight is 615 g/mol. The van der Waals surface area contributed by atoms with Crippen molar-refractivity contribution >= 4 is 49.4 Å². The van der Waals surface area contributed by atoms with E-state index in [0.29, 0.717) is 50.2 Å². The van der Waals surface area contributed by atoms with Gasteiger partial charge in [0, 0.05) is 29.6 Å². The number of carbonyl (C=O) groups excluding carboxylic acids is 1. The van der Waals surface area contributed by atoms with E-state index in [0.717, 1.165) is 0 Å². The summed E-state index contributed by atoms with van der Waals surface area (Å²) in [7, 11) is -0.729. The highest BCUT2D eigenvalue weighted by atomic mass is 32.2. The van der Waals surface area contributed by atoms with Crippen molar-refractivity contribution in [3.8, 4) is 39.7 Å². The molecule has 0 radical (unpaired) electrons. The smallest absolute Gasteiger partial charge is 0.255 e. The second kappa shape index (κ2) is 11.0. The fourth-order valence-corrected chi connectivity index (χ4v) is 5.64. The minimum atomic E-state index is -3.73. The van der Waals surface area contributed by atoms with Gasteiger partial charge in [-0.3, -0.25) is 9.52 Å². The molecule has 0 fully saturated rings. The fraction of sp³-hybridized carbons (Fsp3) is 0.125. The number of sulfonamides is 1. The molecule has 2 aromatic heterocycles. The summed E-state index contributed by atoms with van der Waals surface area (Å²) in [5, 5.41) is 3.05. The van der Waals surface area contributed by atoms with Gasteiger partial charge in [0.1, 0.15) is 28.4 Å². The highest BCUT2D eigenvalue weighted by Crippen LogP contribution is 2.42. The second-order valence-corrected chi connectivity index (χ2v) is 11.9. The van der Waals surface area contributed by atoms with Crippen molar-refractivity contribution in [3.05, 3.63) is 84.2 Å². The van der Waals surface area contributed by atoms with Crippen molar-refractivity contribution in [1.82, 2.24) is 10.3 Å². The predicted octanol–water partition coefficient (Wildman–Crippen LogP) is 6.43. The molecule has 0 saturated carbocycles. The number of hydrogen-bond donors (Lipinski definition) is 3. The fourth-order valence-electron chi connectivity index (χ4n) is 4.99. The number of oxazole rings is 1. The molecule has 1 amide bonds. The maximum Gasteiger partial charge on any atom is 0.255 e. The molecule has 44 heavy (non-hydrogen) atoms. The van der Waals surface area contributed by atoms with Crippen molar-refractivity contribution in [1.29, 1.82) is 0 Å². The third kappa shape index (κ3) is 5.09. The van der Waals surface area contributed by atoms with Crippen LogP contribution < -0.4 is 20.5 Å². The Morgan fingerprint density at radius 1 is 0.977 bits per heavy atom. The molecule has 4 N–H and O–H groups in total. The molecule has 0 atom stereocenters. The Morgan fingerprint density at radius 2 is 1.73 bits per heavy atom. The summed E-state index contributed by atoms with van der Waals surface area (Å²) in [6, 6.07) is 19.2. The van der Waals surface area contributed by atoms with Gasteiger partial charge in [0.15, 0.2) is 5.58 Å². The SMILES string of the molecule is CCS(=O)(=O)Nc1cc2oc(-c3ccc(F)cc3)c(C(=O)NC)c2cc1-c1ccc(OC)c(-c2nc3c(N)cccc3o2)c1. The minimum Gasteiger partial charge on any atom is -0.496 e. The van der Waals surface area contributed by atoms with Gasteiger partial charge in [-0.05, 0) is 67.1 Å². The molecular weight excluding hydrogens is 587 g/mol. The first kappa shape index (κ1) is 28.7. The highest BCUT2D eigenvalue weighted by molar-refractivity contribution is 7.92. The first-order valence-electron chi connectivity index (χ1n) is 13.5. The molecule has 12 heteroatoms. The highest BCUT2D eigenvalue weighted by Gasteiger charge is 2.25. The Kier molecular flexibility index (Phi) is 7.22. The molecule has 6 rings (SSSR count). The number of nitrogens with zero attached hydrogens (tertiary/aromatic N) is 1. The van der Waals surface area contributed by atoms with Crippen LogP contribution in [0.2, 0.25) is 0 Å². The van der Waals surface area contributed by atoms with E-state index in [2.05, 4.69) is 15.0 Å². The number of rotatable bonds is 8. The number of nitrogen functional groups attached to an aromatic ring is 1. The van der Waals surface area contributed by atoms with E-state index in [9.17, 15) is 17.6 Å². The number of methoxy groups -OCH3 is 1. The Balaban J connectivity index is 1.61. The Hall–Kier alpha value is -5.36. The molecule has 4 aromatic carbocycles. The van der Waals surface area contributed by atoms with Crippen LogP contribution in [0.4, 0.5) is 15.8 Å². The van der Waals surface area contributed by atoms with E-state index >= 15 is 0 Å². The quantitative estimate of drug-likeness (QED) is 0.166. The molecule has 0 aliphatic rings. The first-order valence-corrected chi connectivity index (χ1v) is 15.2. The van der Waals surface area contributed by atoms with Crippen molar-refractivity contribution < 1.29 is 31.2 Å². The standard InChI is InChI=1S/C32H27FN4O6S/c1-4-44(39,40)37-24-16-27-21(28(31(38)35-2)30(42-27)17-8-11-19(33)12-9-17)15-20(24)18-10-13-25(41-3)22(14-18)32-36-29-23(34)6-5-7-26(29)43-32/h5-16,37H,4,34H2,1-3H3,(H,35,38). The molecule has 0 saturated heterocycles. The Labute approximate surface area is 251 Å². The zero-order valence-corrected chi connectivity index (χ0v) is 24.7. The van der Waals surface area contributed by atoms with Gasteiger partial charge in [-0.15, -0.1) is 0 Å². The number of fused-ring (bicyclic) bond motifs is 2. The first-order chi connectivity index (χ1) is 21.1. The summed E-state index contributed by atoms with van der Waals surface area (Å²) in [5.74, 6) is -0.132. The molecule has 6 aromatic rings. The van der Waals surface area contributed by atoms with E-state index in [-0.39, 0.29) is 34.2 Å². The Morgan fingerprint density at radius 3 is 2.41 bits per heavy atom. The number of carbonyl (C=O) groups is 1. The lowest BCUT2D eigenvalue weighted by atomic mass is 9.97. The van der Waals surface area contributed by atoms with Crippen LogP contribution in [0.25, 0.3) is 56.0 Å². The van der Waals surface area contributed by atoms with Crippen molar-refractivity contribution in [3.63, 3.8) is 0 Å². The van der Waals surface area contributed by atoms with E-state index in [1.54, 1.807) is 42.5 Å². The molecule has 224 valence electrons. The minimum absolute atomic E-state index is 0.175. The number of nitrogens with one attached hydrogen (secondary N) is 2.